The van der Waals surface area contributed by atoms with Gasteiger partial charge in [-0.3, -0.25) is 0 Å². The van der Waals surface area contributed by atoms with Gasteiger partial charge in [-0.15, -0.1) is 16.4 Å². The number of hydrogen-bond donors (Lipinski definition) is 2. The van der Waals surface area contributed by atoms with Crippen molar-refractivity contribution in [2.24, 2.45) is 0 Å². The van der Waals surface area contributed by atoms with E-state index >= 15 is 0 Å². The number of carbonyl (C=O) groups is 1. The van der Waals surface area contributed by atoms with Crippen molar-refractivity contribution in [2.75, 3.05) is 5.32 Å². The third kappa shape index (κ3) is 3.44. The maximum absolute atomic E-state index is 12.2. The third-order valence-corrected chi connectivity index (χ3v) is 5.56. The molecule has 2 heterocycles. The van der Waals surface area contributed by atoms with Crippen LogP contribution in [0.3, 0.4) is 0 Å². The van der Waals surface area contributed by atoms with E-state index in [1.54, 1.807) is 11.3 Å². The zero-order valence-corrected chi connectivity index (χ0v) is 15.7. The fourth-order valence-electron chi connectivity index (χ4n) is 2.98. The number of fused-ring (bicyclic) bond motifs is 1. The van der Waals surface area contributed by atoms with Crippen LogP contribution in [0.25, 0.3) is 21.6 Å². The van der Waals surface area contributed by atoms with E-state index in [9.17, 15) is 4.79 Å². The first kappa shape index (κ1) is 16.8. The fourth-order valence-corrected chi connectivity index (χ4v) is 3.89. The summed E-state index contributed by atoms with van der Waals surface area (Å²) in [5.41, 5.74) is 2.59. The topological polar surface area (TPSA) is 97.6 Å². The lowest BCUT2D eigenvalue weighted by Gasteiger charge is -2.07. The summed E-state index contributed by atoms with van der Waals surface area (Å²) in [6, 6.07) is 15.6. The van der Waals surface area contributed by atoms with Crippen molar-refractivity contribution in [2.45, 2.75) is 25.4 Å². The Labute approximate surface area is 164 Å². The largest absolute Gasteiger partial charge is 0.331 e. The van der Waals surface area contributed by atoms with Crippen LogP contribution in [-0.4, -0.2) is 31.2 Å². The van der Waals surface area contributed by atoms with Crippen LogP contribution in [0.15, 0.2) is 48.5 Å². The number of nitrogens with one attached hydrogen (secondary N) is 2. The molecular formula is C19H17N7OS. The van der Waals surface area contributed by atoms with Gasteiger partial charge in [0.2, 0.25) is 0 Å². The number of amides is 2. The van der Waals surface area contributed by atoms with Crippen LogP contribution < -0.4 is 10.6 Å². The van der Waals surface area contributed by atoms with Gasteiger partial charge in [0, 0.05) is 11.3 Å². The van der Waals surface area contributed by atoms with E-state index in [2.05, 4.69) is 31.1 Å². The molecule has 1 aliphatic carbocycles. The molecule has 1 fully saturated rings. The third-order valence-electron chi connectivity index (χ3n) is 4.52. The highest BCUT2D eigenvalue weighted by Crippen LogP contribution is 2.36. The summed E-state index contributed by atoms with van der Waals surface area (Å²) in [6.45, 7) is 0.388. The monoisotopic (exact) mass is 391 g/mol. The van der Waals surface area contributed by atoms with Gasteiger partial charge < -0.3 is 10.6 Å². The minimum atomic E-state index is -0.269. The van der Waals surface area contributed by atoms with Crippen LogP contribution in [0.4, 0.5) is 10.5 Å². The number of rotatable bonds is 5. The van der Waals surface area contributed by atoms with E-state index in [0.29, 0.717) is 18.3 Å². The van der Waals surface area contributed by atoms with Gasteiger partial charge in [-0.2, -0.15) is 0 Å². The van der Waals surface area contributed by atoms with Crippen molar-refractivity contribution in [1.29, 1.82) is 0 Å². The summed E-state index contributed by atoms with van der Waals surface area (Å²) >= 11 is 1.58. The Morgan fingerprint density at radius 2 is 1.96 bits per heavy atom. The Bertz CT molecular complexity index is 1100. The number of anilines is 1. The quantitative estimate of drug-likeness (QED) is 0.542. The molecule has 2 aromatic carbocycles. The highest BCUT2D eigenvalue weighted by Gasteiger charge is 2.28. The number of aromatic nitrogens is 5. The van der Waals surface area contributed by atoms with Gasteiger partial charge in [0.1, 0.15) is 5.01 Å². The van der Waals surface area contributed by atoms with Gasteiger partial charge >= 0.3 is 6.03 Å². The average Bonchev–Trinajstić information content (AvgIpc) is 3.28. The van der Waals surface area contributed by atoms with Gasteiger partial charge in [-0.25, -0.2) is 14.5 Å². The maximum atomic E-state index is 12.2. The molecule has 8 nitrogen and oxygen atoms in total. The summed E-state index contributed by atoms with van der Waals surface area (Å²) in [5, 5.41) is 18.5. The molecule has 5 rings (SSSR count). The highest BCUT2D eigenvalue weighted by molar-refractivity contribution is 7.18. The Morgan fingerprint density at radius 1 is 1.14 bits per heavy atom. The van der Waals surface area contributed by atoms with Crippen LogP contribution >= 0.6 is 11.3 Å². The lowest BCUT2D eigenvalue weighted by atomic mass is 10.2. The molecule has 4 aromatic rings. The number of tetrazole rings is 1. The molecule has 0 atom stereocenters. The SMILES string of the molecule is O=C(NCc1nc2ccccc2s1)Nc1ccc(-c2nnnn2C2CC2)cc1. The predicted octanol–water partition coefficient (Wildman–Crippen LogP) is 3.61. The second-order valence-corrected chi connectivity index (χ2v) is 7.75. The molecule has 28 heavy (non-hydrogen) atoms. The van der Waals surface area contributed by atoms with E-state index in [-0.39, 0.29) is 6.03 Å². The first-order chi connectivity index (χ1) is 13.8. The number of benzene rings is 2. The summed E-state index contributed by atoms with van der Waals surface area (Å²) in [6.07, 6.45) is 2.24. The van der Waals surface area contributed by atoms with Crippen molar-refractivity contribution in [3.63, 3.8) is 0 Å². The van der Waals surface area contributed by atoms with E-state index in [4.69, 9.17) is 0 Å². The van der Waals surface area contributed by atoms with E-state index in [1.807, 2.05) is 53.2 Å². The van der Waals surface area contributed by atoms with Crippen molar-refractivity contribution in [3.05, 3.63) is 53.5 Å². The Hall–Kier alpha value is -3.33. The highest BCUT2D eigenvalue weighted by atomic mass is 32.1. The summed E-state index contributed by atoms with van der Waals surface area (Å²) in [7, 11) is 0. The minimum absolute atomic E-state index is 0.269. The molecular weight excluding hydrogens is 374 g/mol. The van der Waals surface area contributed by atoms with Crippen LogP contribution in [0.1, 0.15) is 23.9 Å². The van der Waals surface area contributed by atoms with E-state index in [1.165, 1.54) is 0 Å². The van der Waals surface area contributed by atoms with Crippen molar-refractivity contribution in [1.82, 2.24) is 30.5 Å². The summed E-state index contributed by atoms with van der Waals surface area (Å²) < 4.78 is 2.98. The minimum Gasteiger partial charge on any atom is -0.331 e. The second-order valence-electron chi connectivity index (χ2n) is 6.64. The van der Waals surface area contributed by atoms with Crippen LogP contribution in [0.5, 0.6) is 0 Å². The van der Waals surface area contributed by atoms with Gasteiger partial charge in [-0.05, 0) is 59.7 Å². The summed E-state index contributed by atoms with van der Waals surface area (Å²) in [4.78, 5) is 16.7. The molecule has 0 saturated heterocycles. The zero-order valence-electron chi connectivity index (χ0n) is 14.9. The normalized spacial score (nSPS) is 13.6. The lowest BCUT2D eigenvalue weighted by Crippen LogP contribution is -2.28. The molecule has 0 aliphatic heterocycles. The molecule has 0 unspecified atom stereocenters. The van der Waals surface area contributed by atoms with Crippen molar-refractivity contribution in [3.8, 4) is 11.4 Å². The van der Waals surface area contributed by atoms with Crippen molar-refractivity contribution < 1.29 is 4.79 Å². The van der Waals surface area contributed by atoms with Crippen LogP contribution in [0, 0.1) is 0 Å². The van der Waals surface area contributed by atoms with E-state index in [0.717, 1.165) is 39.5 Å². The first-order valence-electron chi connectivity index (χ1n) is 9.04. The maximum Gasteiger partial charge on any atom is 0.319 e. The molecule has 140 valence electrons. The van der Waals surface area contributed by atoms with Gasteiger partial charge in [-0.1, -0.05) is 12.1 Å². The average molecular weight is 391 g/mol. The molecule has 1 aliphatic rings. The van der Waals surface area contributed by atoms with Crippen molar-refractivity contribution >= 4 is 33.3 Å². The smallest absolute Gasteiger partial charge is 0.319 e. The van der Waals surface area contributed by atoms with Crippen LogP contribution in [0.2, 0.25) is 0 Å². The molecule has 1 saturated carbocycles. The molecule has 0 radical (unpaired) electrons. The second kappa shape index (κ2) is 7.01. The Kier molecular flexibility index (Phi) is 4.21. The molecule has 0 bridgehead atoms. The first-order valence-corrected chi connectivity index (χ1v) is 9.85. The standard InChI is InChI=1S/C19H17N7OS/c27-19(20-11-17-22-15-3-1-2-4-16(15)28-17)21-13-7-5-12(6-8-13)18-23-24-25-26(18)14-9-10-14/h1-8,14H,9-11H2,(H2,20,21,27). The molecule has 2 N–H and O–H groups in total. The number of urea groups is 1. The predicted molar refractivity (Wildman–Crippen MR) is 107 cm³/mol. The lowest BCUT2D eigenvalue weighted by molar-refractivity contribution is 0.251. The Morgan fingerprint density at radius 3 is 2.75 bits per heavy atom. The van der Waals surface area contributed by atoms with Gasteiger partial charge in [0.05, 0.1) is 22.8 Å². The number of nitrogens with zero attached hydrogens (tertiary/aromatic N) is 5. The zero-order chi connectivity index (χ0) is 18.9. The Balaban J connectivity index is 1.21. The molecule has 9 heteroatoms. The number of thiazole rings is 1. The number of para-hydroxylation sites is 1. The molecule has 0 spiro atoms. The summed E-state index contributed by atoms with van der Waals surface area (Å²) in [5.74, 6) is 0.759. The fraction of sp³-hybridized carbons (Fsp3) is 0.211. The van der Waals surface area contributed by atoms with Gasteiger partial charge in [0.15, 0.2) is 5.82 Å². The van der Waals surface area contributed by atoms with Crippen LogP contribution in [-0.2, 0) is 6.54 Å². The molecule has 2 aromatic heterocycles. The molecule has 2 amide bonds. The van der Waals surface area contributed by atoms with Gasteiger partial charge in [0.25, 0.3) is 0 Å². The van der Waals surface area contributed by atoms with E-state index < -0.39 is 0 Å². The number of hydrogen-bond acceptors (Lipinski definition) is 6. The number of carbonyl (C=O) groups excluding carboxylic acids is 1.